The maximum atomic E-state index is 13.1. The molecule has 4 rings (SSSR count). The lowest BCUT2D eigenvalue weighted by molar-refractivity contribution is -0.129. The Morgan fingerprint density at radius 1 is 0.912 bits per heavy atom. The van der Waals surface area contributed by atoms with Crippen LogP contribution in [0.4, 0.5) is 4.39 Å². The second-order valence-electron chi connectivity index (χ2n) is 7.78. The van der Waals surface area contributed by atoms with Crippen LogP contribution in [0, 0.1) is 5.82 Å². The molecule has 1 amide bonds. The number of amides is 1. The molecule has 2 atom stereocenters. The quantitative estimate of drug-likeness (QED) is 0.441. The van der Waals surface area contributed by atoms with E-state index in [-0.39, 0.29) is 17.1 Å². The third-order valence-electron chi connectivity index (χ3n) is 5.38. The molecule has 1 heterocycles. The highest BCUT2D eigenvalue weighted by Crippen LogP contribution is 2.17. The summed E-state index contributed by atoms with van der Waals surface area (Å²) in [6.45, 7) is 3.19. The topological polar surface area (TPSA) is 90.3 Å². The molecule has 0 radical (unpaired) electrons. The van der Waals surface area contributed by atoms with E-state index in [2.05, 4.69) is 10.4 Å². The van der Waals surface area contributed by atoms with E-state index < -0.39 is 24.0 Å². The molecule has 0 spiro atoms. The average Bonchev–Trinajstić information content (AvgIpc) is 2.85. The third kappa shape index (κ3) is 4.71. The van der Waals surface area contributed by atoms with E-state index in [1.54, 1.807) is 73.7 Å². The summed E-state index contributed by atoms with van der Waals surface area (Å²) in [6, 6.07) is 20.6. The molecule has 0 unspecified atom stereocenters. The molecule has 172 valence electrons. The summed E-state index contributed by atoms with van der Waals surface area (Å²) < 4.78 is 19.7. The van der Waals surface area contributed by atoms with Gasteiger partial charge in [-0.1, -0.05) is 48.5 Å². The second kappa shape index (κ2) is 9.66. The first-order valence-electron chi connectivity index (χ1n) is 10.7. The Balaban J connectivity index is 1.59. The van der Waals surface area contributed by atoms with Gasteiger partial charge in [0.1, 0.15) is 5.82 Å². The number of esters is 1. The Morgan fingerprint density at radius 2 is 1.53 bits per heavy atom. The summed E-state index contributed by atoms with van der Waals surface area (Å²) in [5.41, 5.74) is 0.740. The highest BCUT2D eigenvalue weighted by Gasteiger charge is 2.24. The smallest absolute Gasteiger partial charge is 0.360 e. The number of hydrogen-bond donors (Lipinski definition) is 1. The van der Waals surface area contributed by atoms with Crippen molar-refractivity contribution in [2.24, 2.45) is 0 Å². The summed E-state index contributed by atoms with van der Waals surface area (Å²) in [6.07, 6.45) is -1.13. The molecule has 0 aliphatic rings. The number of carbonyl (C=O) groups excluding carboxylic acids is 2. The number of nitrogens with zero attached hydrogens (tertiary/aromatic N) is 2. The van der Waals surface area contributed by atoms with Gasteiger partial charge in [-0.3, -0.25) is 9.59 Å². The summed E-state index contributed by atoms with van der Waals surface area (Å²) in [5.74, 6) is -1.73. The monoisotopic (exact) mass is 459 g/mol. The second-order valence-corrected chi connectivity index (χ2v) is 7.78. The van der Waals surface area contributed by atoms with Crippen LogP contribution >= 0.6 is 0 Å². The normalized spacial score (nSPS) is 12.7. The van der Waals surface area contributed by atoms with Crippen molar-refractivity contribution in [1.82, 2.24) is 15.1 Å². The first kappa shape index (κ1) is 22.8. The zero-order valence-corrected chi connectivity index (χ0v) is 18.6. The SMILES string of the molecule is C[C@@H](OC(=O)c1nn(-c2ccccc2)c(=O)c2ccccc12)C(=O)N[C@H](C)c1ccc(F)cc1. The minimum Gasteiger partial charge on any atom is -0.448 e. The lowest BCUT2D eigenvalue weighted by Crippen LogP contribution is -2.37. The van der Waals surface area contributed by atoms with Crippen LogP contribution in [-0.4, -0.2) is 27.8 Å². The summed E-state index contributed by atoms with van der Waals surface area (Å²) in [7, 11) is 0. The van der Waals surface area contributed by atoms with Crippen LogP contribution in [0.5, 0.6) is 0 Å². The van der Waals surface area contributed by atoms with E-state index in [0.29, 0.717) is 22.0 Å². The number of ether oxygens (including phenoxy) is 1. The number of benzene rings is 3. The molecule has 0 bridgehead atoms. The van der Waals surface area contributed by atoms with Gasteiger partial charge in [0.2, 0.25) is 0 Å². The predicted octanol–water partition coefficient (Wildman–Crippen LogP) is 3.95. The van der Waals surface area contributed by atoms with E-state index in [0.717, 1.165) is 4.68 Å². The first-order chi connectivity index (χ1) is 16.3. The lowest BCUT2D eigenvalue weighted by atomic mass is 10.1. The molecule has 0 fully saturated rings. The molecule has 1 aromatic heterocycles. The van der Waals surface area contributed by atoms with Crippen molar-refractivity contribution in [3.63, 3.8) is 0 Å². The van der Waals surface area contributed by atoms with Crippen molar-refractivity contribution in [3.8, 4) is 5.69 Å². The highest BCUT2D eigenvalue weighted by atomic mass is 19.1. The minimum atomic E-state index is -1.13. The van der Waals surface area contributed by atoms with Crippen LogP contribution in [0.2, 0.25) is 0 Å². The van der Waals surface area contributed by atoms with Crippen LogP contribution in [0.25, 0.3) is 16.5 Å². The molecule has 0 saturated carbocycles. The van der Waals surface area contributed by atoms with Gasteiger partial charge in [0.25, 0.3) is 11.5 Å². The number of rotatable bonds is 6. The standard InChI is InChI=1S/C26H22FN3O4/c1-16(18-12-14-19(27)15-13-18)28-24(31)17(2)34-26(33)23-21-10-6-7-11-22(21)25(32)30(29-23)20-8-4-3-5-9-20/h3-17H,1-2H3,(H,28,31)/t16-,17-/m1/s1. The number of nitrogens with one attached hydrogen (secondary N) is 1. The van der Waals surface area contributed by atoms with Gasteiger partial charge in [-0.2, -0.15) is 9.78 Å². The Bertz CT molecular complexity index is 1400. The van der Waals surface area contributed by atoms with Crippen molar-refractivity contribution in [2.45, 2.75) is 26.0 Å². The van der Waals surface area contributed by atoms with Gasteiger partial charge in [0.15, 0.2) is 11.8 Å². The molecular weight excluding hydrogens is 437 g/mol. The van der Waals surface area contributed by atoms with Crippen molar-refractivity contribution in [2.75, 3.05) is 0 Å². The van der Waals surface area contributed by atoms with Crippen molar-refractivity contribution in [3.05, 3.63) is 106 Å². The van der Waals surface area contributed by atoms with Gasteiger partial charge in [0, 0.05) is 5.39 Å². The number of fused-ring (bicyclic) bond motifs is 1. The van der Waals surface area contributed by atoms with Gasteiger partial charge in [-0.05, 0) is 49.7 Å². The van der Waals surface area contributed by atoms with E-state index >= 15 is 0 Å². The fourth-order valence-electron chi connectivity index (χ4n) is 3.52. The fourth-order valence-corrected chi connectivity index (χ4v) is 3.52. The van der Waals surface area contributed by atoms with Gasteiger partial charge >= 0.3 is 5.97 Å². The molecule has 0 aliphatic carbocycles. The van der Waals surface area contributed by atoms with Crippen LogP contribution in [0.3, 0.4) is 0 Å². The van der Waals surface area contributed by atoms with E-state index in [1.165, 1.54) is 19.1 Å². The van der Waals surface area contributed by atoms with Crippen molar-refractivity contribution >= 4 is 22.6 Å². The van der Waals surface area contributed by atoms with Crippen molar-refractivity contribution in [1.29, 1.82) is 0 Å². The largest absolute Gasteiger partial charge is 0.448 e. The number of para-hydroxylation sites is 1. The Labute approximate surface area is 194 Å². The maximum Gasteiger partial charge on any atom is 0.360 e. The summed E-state index contributed by atoms with van der Waals surface area (Å²) >= 11 is 0. The van der Waals surface area contributed by atoms with Gasteiger partial charge in [-0.15, -0.1) is 0 Å². The Kier molecular flexibility index (Phi) is 6.49. The Hall–Kier alpha value is -4.33. The lowest BCUT2D eigenvalue weighted by Gasteiger charge is -2.18. The molecule has 0 saturated heterocycles. The van der Waals surface area contributed by atoms with Crippen LogP contribution in [0.15, 0.2) is 83.7 Å². The van der Waals surface area contributed by atoms with Gasteiger partial charge < -0.3 is 10.1 Å². The minimum absolute atomic E-state index is 0.0784. The van der Waals surface area contributed by atoms with Gasteiger partial charge in [0.05, 0.1) is 17.1 Å². The van der Waals surface area contributed by atoms with Crippen molar-refractivity contribution < 1.29 is 18.7 Å². The average molecular weight is 459 g/mol. The predicted molar refractivity (Wildman–Crippen MR) is 125 cm³/mol. The van der Waals surface area contributed by atoms with Crippen LogP contribution in [-0.2, 0) is 9.53 Å². The zero-order chi connectivity index (χ0) is 24.2. The van der Waals surface area contributed by atoms with E-state index in [1.807, 2.05) is 0 Å². The summed E-state index contributed by atoms with van der Waals surface area (Å²) in [5, 5.41) is 7.64. The molecule has 0 aliphatic heterocycles. The molecule has 8 heteroatoms. The van der Waals surface area contributed by atoms with E-state index in [4.69, 9.17) is 4.74 Å². The van der Waals surface area contributed by atoms with Crippen LogP contribution < -0.4 is 10.9 Å². The molecule has 1 N–H and O–H groups in total. The van der Waals surface area contributed by atoms with E-state index in [9.17, 15) is 18.8 Å². The highest BCUT2D eigenvalue weighted by molar-refractivity contribution is 6.03. The number of carbonyl (C=O) groups is 2. The Morgan fingerprint density at radius 3 is 2.21 bits per heavy atom. The molecular formula is C26H22FN3O4. The van der Waals surface area contributed by atoms with Gasteiger partial charge in [-0.25, -0.2) is 9.18 Å². The fraction of sp³-hybridized carbons (Fsp3) is 0.154. The number of halogens is 1. The molecule has 34 heavy (non-hydrogen) atoms. The third-order valence-corrected chi connectivity index (χ3v) is 5.38. The summed E-state index contributed by atoms with van der Waals surface area (Å²) in [4.78, 5) is 38.6. The molecule has 7 nitrogen and oxygen atoms in total. The van der Waals surface area contributed by atoms with Crippen LogP contribution in [0.1, 0.15) is 35.9 Å². The number of aromatic nitrogens is 2. The number of hydrogen-bond acceptors (Lipinski definition) is 5. The maximum absolute atomic E-state index is 13.1. The first-order valence-corrected chi connectivity index (χ1v) is 10.7. The zero-order valence-electron chi connectivity index (χ0n) is 18.6. The molecule has 4 aromatic rings. The molecule has 3 aromatic carbocycles.